The van der Waals surface area contributed by atoms with Gasteiger partial charge in [-0.25, -0.2) is 4.68 Å². The Labute approximate surface area is 130 Å². The molecule has 0 unspecified atom stereocenters. The quantitative estimate of drug-likeness (QED) is 0.849. The lowest BCUT2D eigenvalue weighted by Gasteiger charge is -2.10. The minimum atomic E-state index is -0.227. The molecule has 3 rings (SSSR count). The van der Waals surface area contributed by atoms with Gasteiger partial charge in [0.15, 0.2) is 6.29 Å². The van der Waals surface area contributed by atoms with Crippen molar-refractivity contribution in [2.75, 3.05) is 13.2 Å². The van der Waals surface area contributed by atoms with Crippen molar-refractivity contribution in [3.63, 3.8) is 0 Å². The third-order valence-corrected chi connectivity index (χ3v) is 3.80. The van der Waals surface area contributed by atoms with Crippen LogP contribution in [0.1, 0.15) is 6.42 Å². The van der Waals surface area contributed by atoms with Gasteiger partial charge in [0.1, 0.15) is 0 Å². The number of nitrogens with zero attached hydrogens (tertiary/aromatic N) is 2. The van der Waals surface area contributed by atoms with Gasteiger partial charge in [-0.3, -0.25) is 4.79 Å². The van der Waals surface area contributed by atoms with Crippen molar-refractivity contribution in [3.05, 3.63) is 51.2 Å². The van der Waals surface area contributed by atoms with Gasteiger partial charge < -0.3 is 9.47 Å². The van der Waals surface area contributed by atoms with Crippen LogP contribution < -0.4 is 5.56 Å². The molecule has 21 heavy (non-hydrogen) atoms. The fourth-order valence-electron chi connectivity index (χ4n) is 2.19. The fourth-order valence-corrected chi connectivity index (χ4v) is 2.45. The zero-order valence-corrected chi connectivity index (χ0v) is 13.0. The molecule has 2 heterocycles. The molecule has 1 aromatic carbocycles. The summed E-state index contributed by atoms with van der Waals surface area (Å²) in [7, 11) is 0. The fraction of sp³-hybridized carbons (Fsp3) is 0.333. The van der Waals surface area contributed by atoms with Crippen molar-refractivity contribution >= 4 is 15.9 Å². The molecule has 0 spiro atoms. The van der Waals surface area contributed by atoms with Crippen LogP contribution in [0.4, 0.5) is 0 Å². The number of benzene rings is 1. The van der Waals surface area contributed by atoms with Crippen molar-refractivity contribution in [1.29, 1.82) is 0 Å². The number of rotatable bonds is 4. The van der Waals surface area contributed by atoms with E-state index in [1.165, 1.54) is 4.68 Å². The molecule has 0 atom stereocenters. The zero-order valence-electron chi connectivity index (χ0n) is 11.4. The molecule has 5 nitrogen and oxygen atoms in total. The first kappa shape index (κ1) is 14.4. The smallest absolute Gasteiger partial charge is 0.266 e. The molecule has 0 radical (unpaired) electrons. The van der Waals surface area contributed by atoms with E-state index in [0.29, 0.717) is 26.2 Å². The van der Waals surface area contributed by atoms with Crippen LogP contribution >= 0.6 is 15.9 Å². The van der Waals surface area contributed by atoms with Crippen LogP contribution in [0.2, 0.25) is 0 Å². The Hall–Kier alpha value is -1.50. The van der Waals surface area contributed by atoms with Crippen molar-refractivity contribution in [3.8, 4) is 11.3 Å². The minimum absolute atomic E-state index is 0.117. The number of ether oxygens (including phenoxy) is 2. The second kappa shape index (κ2) is 6.51. The van der Waals surface area contributed by atoms with Crippen LogP contribution in [0, 0.1) is 0 Å². The van der Waals surface area contributed by atoms with Gasteiger partial charge in [-0.15, -0.1) is 0 Å². The Balaban J connectivity index is 1.78. The molecule has 1 fully saturated rings. The number of halogens is 1. The molecule has 2 aromatic rings. The summed E-state index contributed by atoms with van der Waals surface area (Å²) in [6.45, 7) is 1.71. The first-order valence-corrected chi connectivity index (χ1v) is 7.59. The molecule has 1 aliphatic rings. The first-order valence-electron chi connectivity index (χ1n) is 6.80. The van der Waals surface area contributed by atoms with E-state index in [2.05, 4.69) is 21.0 Å². The summed E-state index contributed by atoms with van der Waals surface area (Å²) in [5.74, 6) is 0. The lowest BCUT2D eigenvalue weighted by molar-refractivity contribution is -0.0497. The predicted octanol–water partition coefficient (Wildman–Crippen LogP) is 2.44. The van der Waals surface area contributed by atoms with Crippen LogP contribution in [-0.4, -0.2) is 29.3 Å². The largest absolute Gasteiger partial charge is 0.350 e. The molecule has 0 N–H and O–H groups in total. The summed E-state index contributed by atoms with van der Waals surface area (Å²) in [6.07, 6.45) is 0.395. The van der Waals surface area contributed by atoms with E-state index in [9.17, 15) is 4.79 Å². The lowest BCUT2D eigenvalue weighted by atomic mass is 10.1. The second-order valence-electron chi connectivity index (χ2n) is 4.75. The minimum Gasteiger partial charge on any atom is -0.350 e. The van der Waals surface area contributed by atoms with Crippen molar-refractivity contribution in [2.45, 2.75) is 19.3 Å². The molecular formula is C15H15BrN2O3. The highest BCUT2D eigenvalue weighted by molar-refractivity contribution is 9.10. The average Bonchev–Trinajstić information content (AvgIpc) is 3.01. The number of hydrogen-bond acceptors (Lipinski definition) is 4. The van der Waals surface area contributed by atoms with Crippen molar-refractivity contribution < 1.29 is 9.47 Å². The van der Waals surface area contributed by atoms with E-state index < -0.39 is 0 Å². The third-order valence-electron chi connectivity index (χ3n) is 3.27. The van der Waals surface area contributed by atoms with Crippen molar-refractivity contribution in [2.24, 2.45) is 0 Å². The van der Waals surface area contributed by atoms with Gasteiger partial charge in [0.25, 0.3) is 5.56 Å². The Morgan fingerprint density at radius 1 is 1.14 bits per heavy atom. The number of aromatic nitrogens is 2. The maximum atomic E-state index is 11.9. The van der Waals surface area contributed by atoms with Gasteiger partial charge in [-0.2, -0.15) is 5.10 Å². The summed E-state index contributed by atoms with van der Waals surface area (Å²) in [6, 6.07) is 11.1. The van der Waals surface area contributed by atoms with Gasteiger partial charge in [0.2, 0.25) is 0 Å². The SMILES string of the molecule is O=c1ccc(-c2ccc(Br)cc2)nn1CCC1OCCO1. The van der Waals surface area contributed by atoms with E-state index in [0.717, 1.165) is 15.7 Å². The van der Waals surface area contributed by atoms with Crippen LogP contribution in [0.5, 0.6) is 0 Å². The highest BCUT2D eigenvalue weighted by atomic mass is 79.9. The molecule has 0 saturated carbocycles. The Morgan fingerprint density at radius 2 is 1.86 bits per heavy atom. The maximum absolute atomic E-state index is 11.9. The van der Waals surface area contributed by atoms with E-state index in [1.54, 1.807) is 12.1 Å². The van der Waals surface area contributed by atoms with Crippen LogP contribution in [0.25, 0.3) is 11.3 Å². The van der Waals surface area contributed by atoms with E-state index >= 15 is 0 Å². The van der Waals surface area contributed by atoms with Gasteiger partial charge in [0.05, 0.1) is 18.9 Å². The second-order valence-corrected chi connectivity index (χ2v) is 5.66. The maximum Gasteiger partial charge on any atom is 0.266 e. The zero-order chi connectivity index (χ0) is 14.7. The Bertz CT molecular complexity index is 663. The van der Waals surface area contributed by atoms with Gasteiger partial charge in [-0.1, -0.05) is 28.1 Å². The molecule has 1 aliphatic heterocycles. The summed E-state index contributed by atoms with van der Waals surface area (Å²) in [5.41, 5.74) is 1.63. The monoisotopic (exact) mass is 350 g/mol. The molecule has 1 aromatic heterocycles. The lowest BCUT2D eigenvalue weighted by Crippen LogP contribution is -2.24. The summed E-state index contributed by atoms with van der Waals surface area (Å²) < 4.78 is 13.2. The van der Waals surface area contributed by atoms with Crippen molar-refractivity contribution in [1.82, 2.24) is 9.78 Å². The summed E-state index contributed by atoms with van der Waals surface area (Å²) in [4.78, 5) is 11.9. The first-order chi connectivity index (χ1) is 10.2. The average molecular weight is 351 g/mol. The van der Waals surface area contributed by atoms with E-state index in [-0.39, 0.29) is 11.8 Å². The van der Waals surface area contributed by atoms with Gasteiger partial charge >= 0.3 is 0 Å². The van der Waals surface area contributed by atoms with Crippen LogP contribution in [0.3, 0.4) is 0 Å². The van der Waals surface area contributed by atoms with E-state index in [1.807, 2.05) is 24.3 Å². The molecule has 6 heteroatoms. The Morgan fingerprint density at radius 3 is 2.57 bits per heavy atom. The molecule has 110 valence electrons. The Kier molecular flexibility index (Phi) is 4.48. The number of hydrogen-bond donors (Lipinski definition) is 0. The van der Waals surface area contributed by atoms with Gasteiger partial charge in [0, 0.05) is 29.1 Å². The van der Waals surface area contributed by atoms with Gasteiger partial charge in [-0.05, 0) is 18.2 Å². The third kappa shape index (κ3) is 3.58. The summed E-state index contributed by atoms with van der Waals surface area (Å²) >= 11 is 3.40. The van der Waals surface area contributed by atoms with Crippen LogP contribution in [0.15, 0.2) is 45.7 Å². The molecule has 0 amide bonds. The van der Waals surface area contributed by atoms with Crippen LogP contribution in [-0.2, 0) is 16.0 Å². The molecule has 0 aliphatic carbocycles. The highest BCUT2D eigenvalue weighted by Crippen LogP contribution is 2.19. The molecular weight excluding hydrogens is 336 g/mol. The predicted molar refractivity (Wildman–Crippen MR) is 81.9 cm³/mol. The highest BCUT2D eigenvalue weighted by Gasteiger charge is 2.16. The molecule has 0 bridgehead atoms. The van der Waals surface area contributed by atoms with E-state index in [4.69, 9.17) is 9.47 Å². The standard InChI is InChI=1S/C15H15BrN2O3/c16-12-3-1-11(2-4-12)13-5-6-14(19)18(17-13)8-7-15-20-9-10-21-15/h1-6,15H,7-10H2. The normalized spacial score (nSPS) is 15.5. The molecule has 1 saturated heterocycles. The topological polar surface area (TPSA) is 53.4 Å². The number of aryl methyl sites for hydroxylation is 1. The summed E-state index contributed by atoms with van der Waals surface area (Å²) in [5, 5.41) is 4.41.